The van der Waals surface area contributed by atoms with Crippen molar-refractivity contribution in [3.63, 3.8) is 0 Å². The van der Waals surface area contributed by atoms with Crippen LogP contribution >= 0.6 is 11.6 Å². The minimum atomic E-state index is -0.645. The maximum Gasteiger partial charge on any atom is 0.278 e. The van der Waals surface area contributed by atoms with E-state index in [9.17, 15) is 9.18 Å². The van der Waals surface area contributed by atoms with Crippen molar-refractivity contribution in [1.29, 1.82) is 5.41 Å². The highest BCUT2D eigenvalue weighted by Gasteiger charge is 2.34. The summed E-state index contributed by atoms with van der Waals surface area (Å²) >= 11 is 5.85. The van der Waals surface area contributed by atoms with Crippen LogP contribution in [0.3, 0.4) is 0 Å². The summed E-state index contributed by atoms with van der Waals surface area (Å²) in [5, 5.41) is 10.6. The number of hydrogen-bond donors (Lipinski definition) is 3. The molecule has 1 aliphatic carbocycles. The van der Waals surface area contributed by atoms with Crippen LogP contribution in [-0.4, -0.2) is 28.5 Å². The molecule has 2 aromatic heterocycles. The van der Waals surface area contributed by atoms with Crippen LogP contribution in [0, 0.1) is 11.4 Å². The van der Waals surface area contributed by atoms with Gasteiger partial charge in [0.15, 0.2) is 5.75 Å². The maximum atomic E-state index is 14.9. The van der Waals surface area contributed by atoms with Crippen molar-refractivity contribution < 1.29 is 18.7 Å². The second-order valence-corrected chi connectivity index (χ2v) is 8.69. The lowest BCUT2D eigenvalue weighted by Crippen LogP contribution is -2.19. The monoisotopic (exact) mass is 511 g/mol. The van der Waals surface area contributed by atoms with Crippen molar-refractivity contribution in [1.82, 2.24) is 9.97 Å². The molecule has 5 rings (SSSR count). The van der Waals surface area contributed by atoms with Gasteiger partial charge in [-0.2, -0.15) is 4.39 Å². The van der Waals surface area contributed by atoms with Gasteiger partial charge in [0.2, 0.25) is 0 Å². The van der Waals surface area contributed by atoms with Gasteiger partial charge in [0.25, 0.3) is 17.9 Å². The number of ether oxygens (including phenoxy) is 2. The van der Waals surface area contributed by atoms with Gasteiger partial charge in [-0.15, -0.1) is 0 Å². The summed E-state index contributed by atoms with van der Waals surface area (Å²) in [4.78, 5) is 20.8. The minimum absolute atomic E-state index is 0.0897. The zero-order valence-corrected chi connectivity index (χ0v) is 20.7. The number of amidine groups is 1. The zero-order valence-electron chi connectivity index (χ0n) is 20.0. The van der Waals surface area contributed by atoms with Gasteiger partial charge in [0.1, 0.15) is 11.4 Å². The molecule has 10 heteroatoms. The first-order valence-corrected chi connectivity index (χ1v) is 12.2. The van der Waals surface area contributed by atoms with Gasteiger partial charge < -0.3 is 20.5 Å². The Kier molecular flexibility index (Phi) is 7.69. The Labute approximate surface area is 213 Å². The van der Waals surface area contributed by atoms with E-state index in [2.05, 4.69) is 15.3 Å². The Balaban J connectivity index is 0.00000148. The molecule has 8 nitrogen and oxygen atoms in total. The van der Waals surface area contributed by atoms with E-state index < -0.39 is 11.9 Å². The molecular weight excluding hydrogens is 485 g/mol. The lowest BCUT2D eigenvalue weighted by Gasteiger charge is -2.29. The SMILES string of the molecule is CC.N=C(N)OCC[C@@H]1c2cc(NC(=O)c3ccc(Cl)cn3)ccc2Oc2c1cc(C1CC1)nc2F. The number of benzene rings is 1. The summed E-state index contributed by atoms with van der Waals surface area (Å²) in [6.45, 7) is 4.16. The van der Waals surface area contributed by atoms with Gasteiger partial charge in [0.05, 0.1) is 11.6 Å². The molecule has 0 radical (unpaired) electrons. The summed E-state index contributed by atoms with van der Waals surface area (Å²) < 4.78 is 26.0. The molecule has 0 bridgehead atoms. The number of pyridine rings is 2. The molecule has 1 aliphatic heterocycles. The van der Waals surface area contributed by atoms with Crippen LogP contribution in [-0.2, 0) is 4.74 Å². The van der Waals surface area contributed by atoms with Crippen LogP contribution in [0.2, 0.25) is 5.02 Å². The number of aromatic nitrogens is 2. The fraction of sp³-hybridized carbons (Fsp3) is 0.308. The predicted molar refractivity (Wildman–Crippen MR) is 136 cm³/mol. The van der Waals surface area contributed by atoms with Gasteiger partial charge in [0, 0.05) is 40.5 Å². The summed E-state index contributed by atoms with van der Waals surface area (Å²) in [5.41, 5.74) is 8.22. The predicted octanol–water partition coefficient (Wildman–Crippen LogP) is 5.96. The average Bonchev–Trinajstić information content (AvgIpc) is 3.71. The molecular formula is C26H27ClFN5O3. The van der Waals surface area contributed by atoms with Gasteiger partial charge in [-0.05, 0) is 55.7 Å². The number of carbonyl (C=O) groups is 1. The van der Waals surface area contributed by atoms with Gasteiger partial charge >= 0.3 is 0 Å². The second kappa shape index (κ2) is 10.9. The van der Waals surface area contributed by atoms with E-state index in [1.807, 2.05) is 19.9 Å². The van der Waals surface area contributed by atoms with E-state index in [-0.39, 0.29) is 35.9 Å². The third kappa shape index (κ3) is 5.57. The third-order valence-electron chi connectivity index (χ3n) is 5.83. The van der Waals surface area contributed by atoms with E-state index in [1.54, 1.807) is 24.3 Å². The van der Waals surface area contributed by atoms with Crippen LogP contribution < -0.4 is 15.8 Å². The quantitative estimate of drug-likeness (QED) is 0.213. The molecule has 1 fully saturated rings. The molecule has 1 amide bonds. The number of carbonyl (C=O) groups excluding carboxylic acids is 1. The number of fused-ring (bicyclic) bond motifs is 2. The first-order valence-electron chi connectivity index (χ1n) is 11.8. The maximum absolute atomic E-state index is 14.9. The van der Waals surface area contributed by atoms with E-state index in [4.69, 9.17) is 32.2 Å². The Morgan fingerprint density at radius 1 is 1.25 bits per heavy atom. The largest absolute Gasteiger partial charge is 0.466 e. The molecule has 3 heterocycles. The first kappa shape index (κ1) is 25.4. The van der Waals surface area contributed by atoms with Crippen molar-refractivity contribution in [2.24, 2.45) is 5.73 Å². The molecule has 1 aromatic carbocycles. The molecule has 3 aromatic rings. The topological polar surface area (TPSA) is 123 Å². The molecule has 0 unspecified atom stereocenters. The summed E-state index contributed by atoms with van der Waals surface area (Å²) in [5.74, 6) is -0.536. The van der Waals surface area contributed by atoms with Crippen LogP contribution in [0.4, 0.5) is 10.1 Å². The number of hydrogen-bond acceptors (Lipinski definition) is 6. The molecule has 2 aliphatic rings. The number of nitrogens with one attached hydrogen (secondary N) is 2. The molecule has 1 saturated carbocycles. The lowest BCUT2D eigenvalue weighted by molar-refractivity contribution is 0.102. The summed E-state index contributed by atoms with van der Waals surface area (Å²) in [6, 6.07) is 9.77. The Hall–Kier alpha value is -3.72. The Bertz CT molecular complexity index is 1280. The van der Waals surface area contributed by atoms with Crippen molar-refractivity contribution in [3.8, 4) is 11.5 Å². The number of amides is 1. The molecule has 0 spiro atoms. The van der Waals surface area contributed by atoms with E-state index >= 15 is 0 Å². The van der Waals surface area contributed by atoms with Crippen LogP contribution in [0.1, 0.15) is 72.3 Å². The van der Waals surface area contributed by atoms with Gasteiger partial charge in [-0.25, -0.2) is 9.97 Å². The second-order valence-electron chi connectivity index (χ2n) is 8.25. The smallest absolute Gasteiger partial charge is 0.278 e. The van der Waals surface area contributed by atoms with Crippen LogP contribution in [0.5, 0.6) is 11.5 Å². The zero-order chi connectivity index (χ0) is 25.8. The van der Waals surface area contributed by atoms with E-state index in [1.165, 1.54) is 12.3 Å². The first-order chi connectivity index (χ1) is 17.4. The van der Waals surface area contributed by atoms with E-state index in [0.29, 0.717) is 34.1 Å². The van der Waals surface area contributed by atoms with Gasteiger partial charge in [-0.1, -0.05) is 25.4 Å². The lowest BCUT2D eigenvalue weighted by atomic mass is 9.85. The van der Waals surface area contributed by atoms with Gasteiger partial charge in [-0.3, -0.25) is 10.2 Å². The van der Waals surface area contributed by atoms with Crippen molar-refractivity contribution in [2.45, 2.75) is 44.9 Å². The fourth-order valence-electron chi connectivity index (χ4n) is 4.06. The highest BCUT2D eigenvalue weighted by molar-refractivity contribution is 6.30. The van der Waals surface area contributed by atoms with Crippen molar-refractivity contribution in [2.75, 3.05) is 11.9 Å². The average molecular weight is 512 g/mol. The molecule has 0 saturated heterocycles. The highest BCUT2D eigenvalue weighted by Crippen LogP contribution is 2.49. The molecule has 188 valence electrons. The molecule has 36 heavy (non-hydrogen) atoms. The molecule has 4 N–H and O–H groups in total. The number of halogens is 2. The third-order valence-corrected chi connectivity index (χ3v) is 6.05. The number of rotatable bonds is 6. The Morgan fingerprint density at radius 3 is 2.69 bits per heavy atom. The summed E-state index contributed by atoms with van der Waals surface area (Å²) in [6.07, 6.45) is 3.79. The minimum Gasteiger partial charge on any atom is -0.466 e. The van der Waals surface area contributed by atoms with Crippen LogP contribution in [0.25, 0.3) is 0 Å². The highest BCUT2D eigenvalue weighted by atomic mass is 35.5. The van der Waals surface area contributed by atoms with Crippen LogP contribution in [0.15, 0.2) is 42.6 Å². The van der Waals surface area contributed by atoms with Crippen molar-refractivity contribution >= 4 is 29.2 Å². The van der Waals surface area contributed by atoms with Crippen molar-refractivity contribution in [3.05, 3.63) is 76.1 Å². The number of nitrogens with zero attached hydrogens (tertiary/aromatic N) is 2. The Morgan fingerprint density at radius 2 is 2.03 bits per heavy atom. The normalized spacial score (nSPS) is 15.4. The number of nitrogens with two attached hydrogens (primary N) is 1. The fourth-order valence-corrected chi connectivity index (χ4v) is 4.17. The van der Waals surface area contributed by atoms with E-state index in [0.717, 1.165) is 18.4 Å². The number of anilines is 1. The molecule has 1 atom stereocenters. The summed E-state index contributed by atoms with van der Waals surface area (Å²) in [7, 11) is 0. The standard InChI is InChI=1S/C24H21ClFN5O3.C2H6/c25-13-3-5-18(29-11-13)23(32)30-14-4-6-20-16(9-14)15(7-8-33-24(27)28)17-10-19(12-1-2-12)31-22(26)21(17)34-20;1-2/h3-6,9-12,15H,1-2,7-8H2,(H3,27,28)(H,30,32);1-2H3/t15-;/m1./s1.